The maximum atomic E-state index is 11.6. The molecule has 3 nitrogen and oxygen atoms in total. The Morgan fingerprint density at radius 3 is 2.36 bits per heavy atom. The van der Waals surface area contributed by atoms with Gasteiger partial charge in [-0.1, -0.05) is 34.1 Å². The highest BCUT2D eigenvalue weighted by atomic mass is 16.3. The van der Waals surface area contributed by atoms with Gasteiger partial charge in [0.1, 0.15) is 5.76 Å². The van der Waals surface area contributed by atoms with E-state index in [0.29, 0.717) is 11.3 Å². The Bertz CT molecular complexity index is 781. The average Bonchev–Trinajstić information content (AvgIpc) is 3.10. The molecule has 0 unspecified atom stereocenters. The summed E-state index contributed by atoms with van der Waals surface area (Å²) in [5, 5.41) is 22.5. The SMILES string of the molecule is CC1(C)CCC[C@]2(C)[C@H]3C[C@H](O)[C@]4(C)c5occc5[C@@H](O)C[C@@H]4[C@]3(C)CC[C@@H]12. The molecular weight excluding hydrogens is 348 g/mol. The Kier molecular flexibility index (Phi) is 3.88. The standard InChI is InChI=1S/C25H38O3/c1-22(2)9-6-10-23(3)17(22)7-11-24(4)18(23)14-20(27)25(5)19(24)13-16(26)15-8-12-28-21(15)25/h8,12,16-20,26-27H,6-7,9-11,13-14H2,1-5H3/t16-,17-,18+,19+,20-,23-,24+,25+/m0/s1. The number of furan rings is 1. The van der Waals surface area contributed by atoms with E-state index < -0.39 is 17.6 Å². The zero-order valence-electron chi connectivity index (χ0n) is 18.3. The van der Waals surface area contributed by atoms with Crippen molar-refractivity contribution in [2.24, 2.45) is 34.0 Å². The first-order chi connectivity index (χ1) is 13.0. The van der Waals surface area contributed by atoms with E-state index in [-0.39, 0.29) is 16.7 Å². The molecule has 0 aromatic carbocycles. The monoisotopic (exact) mass is 386 g/mol. The molecule has 1 aromatic rings. The predicted molar refractivity (Wildman–Crippen MR) is 110 cm³/mol. The van der Waals surface area contributed by atoms with Crippen molar-refractivity contribution in [1.82, 2.24) is 0 Å². The number of aliphatic hydroxyl groups is 2. The minimum Gasteiger partial charge on any atom is -0.468 e. The molecule has 28 heavy (non-hydrogen) atoms. The van der Waals surface area contributed by atoms with E-state index in [1.54, 1.807) is 6.26 Å². The third-order valence-corrected chi connectivity index (χ3v) is 10.5. The van der Waals surface area contributed by atoms with E-state index in [9.17, 15) is 10.2 Å². The van der Waals surface area contributed by atoms with Gasteiger partial charge in [-0.2, -0.15) is 0 Å². The molecule has 2 N–H and O–H groups in total. The lowest BCUT2D eigenvalue weighted by Crippen LogP contribution is -2.66. The van der Waals surface area contributed by atoms with Crippen LogP contribution in [0.4, 0.5) is 0 Å². The highest BCUT2D eigenvalue weighted by Crippen LogP contribution is 2.72. The van der Waals surface area contributed by atoms with Crippen molar-refractivity contribution in [3.05, 3.63) is 23.7 Å². The van der Waals surface area contributed by atoms with Crippen LogP contribution in [0.15, 0.2) is 16.7 Å². The van der Waals surface area contributed by atoms with Crippen LogP contribution in [-0.2, 0) is 5.41 Å². The Balaban J connectivity index is 1.63. The molecule has 8 atom stereocenters. The van der Waals surface area contributed by atoms with Gasteiger partial charge in [-0.3, -0.25) is 0 Å². The fraction of sp³-hybridized carbons (Fsp3) is 0.840. The fourth-order valence-corrected chi connectivity index (χ4v) is 9.22. The minimum atomic E-state index is -0.470. The molecule has 0 aliphatic heterocycles. The first-order valence-corrected chi connectivity index (χ1v) is 11.5. The van der Waals surface area contributed by atoms with Crippen LogP contribution in [-0.4, -0.2) is 16.3 Å². The Labute approximate surface area is 169 Å². The van der Waals surface area contributed by atoms with Crippen molar-refractivity contribution in [1.29, 1.82) is 0 Å². The number of hydrogen-bond donors (Lipinski definition) is 2. The quantitative estimate of drug-likeness (QED) is 0.610. The third kappa shape index (κ3) is 2.13. The van der Waals surface area contributed by atoms with Gasteiger partial charge in [0.15, 0.2) is 0 Å². The predicted octanol–water partition coefficient (Wildman–Crippen LogP) is 5.60. The third-order valence-electron chi connectivity index (χ3n) is 10.5. The Morgan fingerprint density at radius 2 is 1.61 bits per heavy atom. The van der Waals surface area contributed by atoms with Gasteiger partial charge >= 0.3 is 0 Å². The summed E-state index contributed by atoms with van der Waals surface area (Å²) in [5.74, 6) is 2.34. The van der Waals surface area contributed by atoms with Crippen LogP contribution in [0.1, 0.15) is 97.0 Å². The lowest BCUT2D eigenvalue weighted by atomic mass is 9.35. The molecule has 1 heterocycles. The van der Waals surface area contributed by atoms with E-state index >= 15 is 0 Å². The molecule has 0 bridgehead atoms. The number of aliphatic hydroxyl groups excluding tert-OH is 2. The van der Waals surface area contributed by atoms with E-state index in [1.807, 2.05) is 6.07 Å². The van der Waals surface area contributed by atoms with Crippen LogP contribution in [0.2, 0.25) is 0 Å². The van der Waals surface area contributed by atoms with E-state index in [0.717, 1.165) is 30.1 Å². The van der Waals surface area contributed by atoms with Crippen molar-refractivity contribution in [2.45, 2.75) is 97.2 Å². The summed E-state index contributed by atoms with van der Waals surface area (Å²) in [5.41, 5.74) is 1.32. The molecule has 3 saturated carbocycles. The first-order valence-electron chi connectivity index (χ1n) is 11.5. The molecule has 1 aromatic heterocycles. The number of hydrogen-bond acceptors (Lipinski definition) is 3. The van der Waals surface area contributed by atoms with Crippen molar-refractivity contribution in [2.75, 3.05) is 0 Å². The molecule has 0 radical (unpaired) electrons. The second-order valence-electron chi connectivity index (χ2n) is 12.0. The molecule has 3 heteroatoms. The summed E-state index contributed by atoms with van der Waals surface area (Å²) in [4.78, 5) is 0. The summed E-state index contributed by atoms with van der Waals surface area (Å²) in [6.45, 7) is 12.2. The summed E-state index contributed by atoms with van der Waals surface area (Å²) < 4.78 is 5.94. The zero-order chi connectivity index (χ0) is 20.1. The molecule has 3 fully saturated rings. The largest absolute Gasteiger partial charge is 0.468 e. The second-order valence-corrected chi connectivity index (χ2v) is 12.0. The summed E-state index contributed by atoms with van der Waals surface area (Å²) in [6.07, 6.45) is 8.83. The number of fused-ring (bicyclic) bond motifs is 7. The van der Waals surface area contributed by atoms with Gasteiger partial charge in [0.05, 0.1) is 23.9 Å². The minimum absolute atomic E-state index is 0.137. The van der Waals surface area contributed by atoms with Gasteiger partial charge < -0.3 is 14.6 Å². The molecule has 0 saturated heterocycles. The van der Waals surface area contributed by atoms with Crippen LogP contribution in [0.3, 0.4) is 0 Å². The maximum absolute atomic E-state index is 11.6. The summed E-state index contributed by atoms with van der Waals surface area (Å²) in [7, 11) is 0. The van der Waals surface area contributed by atoms with E-state index in [1.165, 1.54) is 32.1 Å². The Morgan fingerprint density at radius 1 is 0.893 bits per heavy atom. The lowest BCUT2D eigenvalue weighted by molar-refractivity contribution is -0.215. The van der Waals surface area contributed by atoms with Gasteiger partial charge in [0.2, 0.25) is 0 Å². The average molecular weight is 387 g/mol. The van der Waals surface area contributed by atoms with Crippen molar-refractivity contribution in [3.63, 3.8) is 0 Å². The topological polar surface area (TPSA) is 53.6 Å². The van der Waals surface area contributed by atoms with Gasteiger partial charge in [0, 0.05) is 5.56 Å². The van der Waals surface area contributed by atoms with Crippen molar-refractivity contribution in [3.8, 4) is 0 Å². The lowest BCUT2D eigenvalue weighted by Gasteiger charge is -2.69. The summed E-state index contributed by atoms with van der Waals surface area (Å²) >= 11 is 0. The molecule has 156 valence electrons. The van der Waals surface area contributed by atoms with Crippen LogP contribution < -0.4 is 0 Å². The first kappa shape index (κ1) is 19.2. The highest BCUT2D eigenvalue weighted by Gasteiger charge is 2.68. The maximum Gasteiger partial charge on any atom is 0.118 e. The molecule has 0 spiro atoms. The van der Waals surface area contributed by atoms with Crippen LogP contribution >= 0.6 is 0 Å². The van der Waals surface area contributed by atoms with Crippen LogP contribution in [0, 0.1) is 34.0 Å². The van der Waals surface area contributed by atoms with Crippen molar-refractivity contribution >= 4 is 0 Å². The summed E-state index contributed by atoms with van der Waals surface area (Å²) in [6, 6.07) is 1.91. The van der Waals surface area contributed by atoms with Gasteiger partial charge in [-0.05, 0) is 85.5 Å². The normalized spacial score (nSPS) is 52.2. The molecule has 4 aliphatic carbocycles. The highest BCUT2D eigenvalue weighted by molar-refractivity contribution is 5.36. The van der Waals surface area contributed by atoms with Gasteiger partial charge in [-0.15, -0.1) is 0 Å². The smallest absolute Gasteiger partial charge is 0.118 e. The number of rotatable bonds is 0. The van der Waals surface area contributed by atoms with Gasteiger partial charge in [0.25, 0.3) is 0 Å². The zero-order valence-corrected chi connectivity index (χ0v) is 18.3. The van der Waals surface area contributed by atoms with E-state index in [2.05, 4.69) is 34.6 Å². The van der Waals surface area contributed by atoms with Gasteiger partial charge in [-0.25, -0.2) is 0 Å². The molecular formula is C25H38O3. The second kappa shape index (κ2) is 5.66. The Hall–Kier alpha value is -0.800. The molecule has 0 amide bonds. The molecule has 4 aliphatic rings. The van der Waals surface area contributed by atoms with E-state index in [4.69, 9.17) is 4.42 Å². The van der Waals surface area contributed by atoms with Crippen molar-refractivity contribution < 1.29 is 14.6 Å². The molecule has 5 rings (SSSR count). The van der Waals surface area contributed by atoms with Crippen LogP contribution in [0.25, 0.3) is 0 Å². The van der Waals surface area contributed by atoms with Crippen LogP contribution in [0.5, 0.6) is 0 Å². The fourth-order valence-electron chi connectivity index (χ4n) is 9.22.